The van der Waals surface area contributed by atoms with Gasteiger partial charge in [-0.2, -0.15) is 0 Å². The summed E-state index contributed by atoms with van der Waals surface area (Å²) in [4.78, 5) is 11.3. The van der Waals surface area contributed by atoms with Crippen LogP contribution in [-0.2, 0) is 13.0 Å². The number of carbonyl (C=O) groups is 1. The van der Waals surface area contributed by atoms with E-state index in [9.17, 15) is 4.79 Å². The highest BCUT2D eigenvalue weighted by Crippen LogP contribution is 2.29. The quantitative estimate of drug-likeness (QED) is 0.721. The fourth-order valence-electron chi connectivity index (χ4n) is 2.59. The number of benzene rings is 2. The van der Waals surface area contributed by atoms with Crippen molar-refractivity contribution >= 4 is 6.29 Å². The largest absolute Gasteiger partial charge is 0.489 e. The molecule has 2 nitrogen and oxygen atoms in total. The van der Waals surface area contributed by atoms with Crippen LogP contribution in [0.5, 0.6) is 5.75 Å². The Bertz CT molecular complexity index is 615. The van der Waals surface area contributed by atoms with E-state index in [2.05, 4.69) is 19.1 Å². The first-order valence-electron chi connectivity index (χ1n) is 7.42. The van der Waals surface area contributed by atoms with Crippen molar-refractivity contribution < 1.29 is 9.53 Å². The third kappa shape index (κ3) is 3.52. The van der Waals surface area contributed by atoms with Crippen LogP contribution in [0.1, 0.15) is 46.0 Å². The minimum atomic E-state index is 0.549. The van der Waals surface area contributed by atoms with Crippen molar-refractivity contribution in [3.05, 3.63) is 64.2 Å². The number of aldehydes is 1. The number of carbonyl (C=O) groups excluding carboxylic acids is 1. The number of aryl methyl sites for hydroxylation is 1. The highest BCUT2D eigenvalue weighted by Gasteiger charge is 2.13. The van der Waals surface area contributed by atoms with Gasteiger partial charge in [0.15, 0.2) is 6.29 Å². The Morgan fingerprint density at radius 2 is 1.86 bits per heavy atom. The van der Waals surface area contributed by atoms with Gasteiger partial charge in [-0.05, 0) is 48.6 Å². The third-order valence-corrected chi connectivity index (χ3v) is 3.77. The monoisotopic (exact) mass is 282 g/mol. The molecule has 0 atom stereocenters. The van der Waals surface area contributed by atoms with Gasteiger partial charge in [-0.3, -0.25) is 4.79 Å². The van der Waals surface area contributed by atoms with E-state index in [1.807, 2.05) is 38.1 Å². The molecular formula is C19H22O2. The van der Waals surface area contributed by atoms with Gasteiger partial charge in [0.1, 0.15) is 12.4 Å². The van der Waals surface area contributed by atoms with E-state index in [1.165, 1.54) is 0 Å². The highest BCUT2D eigenvalue weighted by molar-refractivity contribution is 5.81. The van der Waals surface area contributed by atoms with Crippen molar-refractivity contribution in [2.75, 3.05) is 0 Å². The molecule has 2 rings (SSSR count). The zero-order valence-electron chi connectivity index (χ0n) is 13.0. The van der Waals surface area contributed by atoms with Gasteiger partial charge < -0.3 is 4.74 Å². The van der Waals surface area contributed by atoms with E-state index in [1.54, 1.807) is 0 Å². The minimum absolute atomic E-state index is 0.549. The van der Waals surface area contributed by atoms with Crippen LogP contribution >= 0.6 is 0 Å². The van der Waals surface area contributed by atoms with Gasteiger partial charge in [0.2, 0.25) is 0 Å². The average molecular weight is 282 g/mol. The van der Waals surface area contributed by atoms with Crippen LogP contribution in [0.3, 0.4) is 0 Å². The Morgan fingerprint density at radius 1 is 1.14 bits per heavy atom. The summed E-state index contributed by atoms with van der Waals surface area (Å²) in [5.74, 6) is 0.880. The molecule has 0 saturated heterocycles. The Kier molecular flexibility index (Phi) is 5.15. The van der Waals surface area contributed by atoms with E-state index in [0.717, 1.165) is 52.7 Å². The van der Waals surface area contributed by atoms with Crippen LogP contribution in [0.25, 0.3) is 0 Å². The molecule has 0 fully saturated rings. The maximum Gasteiger partial charge on any atom is 0.150 e. The number of hydrogen-bond donors (Lipinski definition) is 0. The highest BCUT2D eigenvalue weighted by atomic mass is 16.5. The van der Waals surface area contributed by atoms with E-state index < -0.39 is 0 Å². The number of rotatable bonds is 6. The zero-order valence-corrected chi connectivity index (χ0v) is 13.0. The van der Waals surface area contributed by atoms with Gasteiger partial charge >= 0.3 is 0 Å². The standard InChI is InChI=1S/C19H22O2/c1-4-8-17-15(3)19(11-14(2)18(17)12-20)21-13-16-9-6-5-7-10-16/h5-7,9-12H,4,8,13H2,1-3H3. The lowest BCUT2D eigenvalue weighted by Gasteiger charge is -2.16. The molecule has 0 N–H and O–H groups in total. The maximum absolute atomic E-state index is 11.3. The van der Waals surface area contributed by atoms with Gasteiger partial charge in [0.25, 0.3) is 0 Å². The molecule has 0 bridgehead atoms. The van der Waals surface area contributed by atoms with Gasteiger partial charge in [0.05, 0.1) is 0 Å². The molecule has 0 amide bonds. The molecule has 2 heteroatoms. The fraction of sp³-hybridized carbons (Fsp3) is 0.316. The molecule has 21 heavy (non-hydrogen) atoms. The lowest BCUT2D eigenvalue weighted by molar-refractivity contribution is 0.112. The predicted molar refractivity (Wildman–Crippen MR) is 86.1 cm³/mol. The summed E-state index contributed by atoms with van der Waals surface area (Å²) in [6, 6.07) is 12.1. The van der Waals surface area contributed by atoms with Crippen LogP contribution in [0.4, 0.5) is 0 Å². The summed E-state index contributed by atoms with van der Waals surface area (Å²) >= 11 is 0. The van der Waals surface area contributed by atoms with Gasteiger partial charge in [0, 0.05) is 5.56 Å². The van der Waals surface area contributed by atoms with E-state index >= 15 is 0 Å². The van der Waals surface area contributed by atoms with Crippen molar-refractivity contribution in [2.45, 2.75) is 40.2 Å². The summed E-state index contributed by atoms with van der Waals surface area (Å²) in [5, 5.41) is 0. The molecule has 110 valence electrons. The van der Waals surface area contributed by atoms with E-state index in [-0.39, 0.29) is 0 Å². The first kappa shape index (κ1) is 15.3. The molecule has 0 spiro atoms. The van der Waals surface area contributed by atoms with Crippen molar-refractivity contribution in [2.24, 2.45) is 0 Å². The Balaban J connectivity index is 2.29. The van der Waals surface area contributed by atoms with Crippen molar-refractivity contribution in [3.63, 3.8) is 0 Å². The normalized spacial score (nSPS) is 10.4. The van der Waals surface area contributed by atoms with Crippen LogP contribution in [0.2, 0.25) is 0 Å². The predicted octanol–water partition coefficient (Wildman–Crippen LogP) is 4.65. The summed E-state index contributed by atoms with van der Waals surface area (Å²) in [6.45, 7) is 6.68. The van der Waals surface area contributed by atoms with Crippen LogP contribution < -0.4 is 4.74 Å². The van der Waals surface area contributed by atoms with Crippen molar-refractivity contribution in [1.82, 2.24) is 0 Å². The molecule has 0 unspecified atom stereocenters. The Labute approximate surface area is 126 Å². The zero-order chi connectivity index (χ0) is 15.2. The molecule has 2 aromatic rings. The third-order valence-electron chi connectivity index (χ3n) is 3.77. The van der Waals surface area contributed by atoms with Crippen molar-refractivity contribution in [1.29, 1.82) is 0 Å². The summed E-state index contributed by atoms with van der Waals surface area (Å²) < 4.78 is 5.97. The molecule has 0 aromatic heterocycles. The van der Waals surface area contributed by atoms with Crippen LogP contribution in [-0.4, -0.2) is 6.29 Å². The summed E-state index contributed by atoms with van der Waals surface area (Å²) in [6.07, 6.45) is 2.89. The number of ether oxygens (including phenoxy) is 1. The smallest absolute Gasteiger partial charge is 0.150 e. The molecule has 0 heterocycles. The molecule has 0 radical (unpaired) electrons. The molecule has 0 aliphatic rings. The molecular weight excluding hydrogens is 260 g/mol. The first-order valence-corrected chi connectivity index (χ1v) is 7.42. The topological polar surface area (TPSA) is 26.3 Å². The fourth-order valence-corrected chi connectivity index (χ4v) is 2.59. The minimum Gasteiger partial charge on any atom is -0.489 e. The van der Waals surface area contributed by atoms with E-state index in [0.29, 0.717) is 6.61 Å². The molecule has 0 aliphatic heterocycles. The SMILES string of the molecule is CCCc1c(C)c(OCc2ccccc2)cc(C)c1C=O. The van der Waals surface area contributed by atoms with Crippen LogP contribution in [0.15, 0.2) is 36.4 Å². The maximum atomic E-state index is 11.3. The molecule has 0 aliphatic carbocycles. The van der Waals surface area contributed by atoms with Crippen LogP contribution in [0, 0.1) is 13.8 Å². The first-order chi connectivity index (χ1) is 10.2. The summed E-state index contributed by atoms with van der Waals surface area (Å²) in [7, 11) is 0. The lowest BCUT2D eigenvalue weighted by Crippen LogP contribution is -2.04. The summed E-state index contributed by atoms with van der Waals surface area (Å²) in [5.41, 5.74) is 5.16. The Hall–Kier alpha value is -2.09. The average Bonchev–Trinajstić information content (AvgIpc) is 2.50. The second-order valence-electron chi connectivity index (χ2n) is 5.35. The van der Waals surface area contributed by atoms with Crippen molar-refractivity contribution in [3.8, 4) is 5.75 Å². The second kappa shape index (κ2) is 7.07. The molecule has 0 saturated carbocycles. The van der Waals surface area contributed by atoms with E-state index in [4.69, 9.17) is 4.74 Å². The molecule has 2 aromatic carbocycles. The number of hydrogen-bond acceptors (Lipinski definition) is 2. The van der Waals surface area contributed by atoms with Gasteiger partial charge in [-0.25, -0.2) is 0 Å². The Morgan fingerprint density at radius 3 is 2.48 bits per heavy atom. The lowest BCUT2D eigenvalue weighted by atomic mass is 9.94. The van der Waals surface area contributed by atoms with Gasteiger partial charge in [-0.1, -0.05) is 43.7 Å². The van der Waals surface area contributed by atoms with Gasteiger partial charge in [-0.15, -0.1) is 0 Å². The second-order valence-corrected chi connectivity index (χ2v) is 5.35.